The van der Waals surface area contributed by atoms with E-state index < -0.39 is 0 Å². The second-order valence-corrected chi connectivity index (χ2v) is 6.79. The summed E-state index contributed by atoms with van der Waals surface area (Å²) in [5, 5.41) is 3.36. The Morgan fingerprint density at radius 1 is 1.30 bits per heavy atom. The van der Waals surface area contributed by atoms with Gasteiger partial charge in [0.15, 0.2) is 5.96 Å². The SMILES string of the molecule is CCNC(=NCc1ccc(C)nc1)N1CCN(C(=O)C2CCCO2)CC1.I. The van der Waals surface area contributed by atoms with E-state index in [1.807, 2.05) is 24.1 Å². The van der Waals surface area contributed by atoms with Gasteiger partial charge in [-0.15, -0.1) is 24.0 Å². The van der Waals surface area contributed by atoms with Gasteiger partial charge in [0, 0.05) is 51.2 Å². The van der Waals surface area contributed by atoms with Gasteiger partial charge < -0.3 is 19.9 Å². The minimum absolute atomic E-state index is 0. The van der Waals surface area contributed by atoms with Crippen LogP contribution in [0.1, 0.15) is 31.0 Å². The molecule has 0 aromatic carbocycles. The predicted molar refractivity (Wildman–Crippen MR) is 116 cm³/mol. The molecule has 1 aromatic heterocycles. The molecule has 2 fully saturated rings. The molecule has 7 nitrogen and oxygen atoms in total. The number of hydrogen-bond acceptors (Lipinski definition) is 4. The van der Waals surface area contributed by atoms with Crippen LogP contribution in [0.4, 0.5) is 0 Å². The topological polar surface area (TPSA) is 70.1 Å². The van der Waals surface area contributed by atoms with Gasteiger partial charge in [-0.3, -0.25) is 9.78 Å². The van der Waals surface area contributed by atoms with E-state index in [4.69, 9.17) is 9.73 Å². The van der Waals surface area contributed by atoms with Gasteiger partial charge in [0.2, 0.25) is 0 Å². The summed E-state index contributed by atoms with van der Waals surface area (Å²) < 4.78 is 5.53. The first kappa shape index (κ1) is 21.9. The Kier molecular flexibility index (Phi) is 8.75. The van der Waals surface area contributed by atoms with Gasteiger partial charge in [0.05, 0.1) is 6.54 Å². The molecule has 0 spiro atoms. The summed E-state index contributed by atoms with van der Waals surface area (Å²) in [6, 6.07) is 4.07. The molecule has 3 rings (SSSR count). The molecular formula is C19H30IN5O2. The molecule has 0 radical (unpaired) electrons. The minimum atomic E-state index is -0.225. The van der Waals surface area contributed by atoms with E-state index in [1.165, 1.54) is 0 Å². The van der Waals surface area contributed by atoms with E-state index in [2.05, 4.69) is 28.2 Å². The second kappa shape index (κ2) is 10.8. The van der Waals surface area contributed by atoms with E-state index >= 15 is 0 Å². The molecule has 0 bridgehead atoms. The predicted octanol–water partition coefficient (Wildman–Crippen LogP) is 1.80. The van der Waals surface area contributed by atoms with Crippen molar-refractivity contribution in [2.24, 2.45) is 4.99 Å². The highest BCUT2D eigenvalue weighted by Crippen LogP contribution is 2.16. The number of aromatic nitrogens is 1. The summed E-state index contributed by atoms with van der Waals surface area (Å²) >= 11 is 0. The largest absolute Gasteiger partial charge is 0.368 e. The van der Waals surface area contributed by atoms with Gasteiger partial charge in [-0.25, -0.2) is 4.99 Å². The van der Waals surface area contributed by atoms with Crippen LogP contribution in [0.2, 0.25) is 0 Å². The summed E-state index contributed by atoms with van der Waals surface area (Å²) in [6.07, 6.45) is 3.49. The Bertz CT molecular complexity index is 623. The normalized spacial score (nSPS) is 20.4. The number of hydrogen-bond donors (Lipinski definition) is 1. The molecular weight excluding hydrogens is 457 g/mol. The van der Waals surface area contributed by atoms with Gasteiger partial charge in [0.25, 0.3) is 5.91 Å². The Morgan fingerprint density at radius 3 is 2.63 bits per heavy atom. The van der Waals surface area contributed by atoms with Crippen molar-refractivity contribution >= 4 is 35.8 Å². The maximum Gasteiger partial charge on any atom is 0.251 e. The molecule has 0 saturated carbocycles. The van der Waals surface area contributed by atoms with Crippen LogP contribution in [0.5, 0.6) is 0 Å². The first-order chi connectivity index (χ1) is 12.7. The molecule has 1 unspecified atom stereocenters. The lowest BCUT2D eigenvalue weighted by Gasteiger charge is -2.37. The monoisotopic (exact) mass is 487 g/mol. The molecule has 8 heteroatoms. The number of carbonyl (C=O) groups excluding carboxylic acids is 1. The van der Waals surface area contributed by atoms with Crippen LogP contribution in [0.25, 0.3) is 0 Å². The fraction of sp³-hybridized carbons (Fsp3) is 0.632. The zero-order chi connectivity index (χ0) is 18.4. The van der Waals surface area contributed by atoms with Crippen molar-refractivity contribution in [3.8, 4) is 0 Å². The molecule has 1 N–H and O–H groups in total. The molecule has 2 aliphatic heterocycles. The summed E-state index contributed by atoms with van der Waals surface area (Å²) in [4.78, 5) is 25.7. The average molecular weight is 487 g/mol. The van der Waals surface area contributed by atoms with Crippen LogP contribution in [0.15, 0.2) is 23.3 Å². The summed E-state index contributed by atoms with van der Waals surface area (Å²) in [5.74, 6) is 1.05. The molecule has 27 heavy (non-hydrogen) atoms. The van der Waals surface area contributed by atoms with Crippen molar-refractivity contribution in [1.82, 2.24) is 20.1 Å². The number of rotatable bonds is 4. The minimum Gasteiger partial charge on any atom is -0.368 e. The Morgan fingerprint density at radius 2 is 2.04 bits per heavy atom. The number of amides is 1. The molecule has 2 saturated heterocycles. The van der Waals surface area contributed by atoms with E-state index in [1.54, 1.807) is 0 Å². The molecule has 3 heterocycles. The van der Waals surface area contributed by atoms with Crippen molar-refractivity contribution in [2.45, 2.75) is 39.3 Å². The van der Waals surface area contributed by atoms with Crippen molar-refractivity contribution in [3.63, 3.8) is 0 Å². The van der Waals surface area contributed by atoms with Gasteiger partial charge in [-0.2, -0.15) is 0 Å². The summed E-state index contributed by atoms with van der Waals surface area (Å²) in [5.41, 5.74) is 2.11. The first-order valence-corrected chi connectivity index (χ1v) is 9.52. The van der Waals surface area contributed by atoms with Gasteiger partial charge >= 0.3 is 0 Å². The molecule has 1 aromatic rings. The lowest BCUT2D eigenvalue weighted by atomic mass is 10.2. The van der Waals surface area contributed by atoms with Crippen molar-refractivity contribution in [2.75, 3.05) is 39.3 Å². The summed E-state index contributed by atoms with van der Waals surface area (Å²) in [6.45, 7) is 9.19. The lowest BCUT2D eigenvalue weighted by Crippen LogP contribution is -2.55. The lowest BCUT2D eigenvalue weighted by molar-refractivity contribution is -0.142. The van der Waals surface area contributed by atoms with Crippen molar-refractivity contribution < 1.29 is 9.53 Å². The highest BCUT2D eigenvalue weighted by molar-refractivity contribution is 14.0. The molecule has 0 aliphatic carbocycles. The number of aliphatic imine (C=N–C) groups is 1. The number of nitrogens with zero attached hydrogens (tertiary/aromatic N) is 4. The Hall–Kier alpha value is -1.42. The van der Waals surface area contributed by atoms with Crippen molar-refractivity contribution in [1.29, 1.82) is 0 Å². The number of guanidine groups is 1. The fourth-order valence-corrected chi connectivity index (χ4v) is 3.30. The van der Waals surface area contributed by atoms with Crippen LogP contribution in [0.3, 0.4) is 0 Å². The zero-order valence-electron chi connectivity index (χ0n) is 16.2. The number of halogens is 1. The number of pyridine rings is 1. The van der Waals surface area contributed by atoms with E-state index in [0.717, 1.165) is 62.8 Å². The molecule has 1 amide bonds. The van der Waals surface area contributed by atoms with E-state index in [-0.39, 0.29) is 36.0 Å². The quantitative estimate of drug-likeness (QED) is 0.399. The third kappa shape index (κ3) is 6.03. The highest BCUT2D eigenvalue weighted by Gasteiger charge is 2.30. The average Bonchev–Trinajstić information content (AvgIpc) is 3.21. The van der Waals surface area contributed by atoms with Gasteiger partial charge in [-0.1, -0.05) is 6.07 Å². The fourth-order valence-electron chi connectivity index (χ4n) is 3.30. The molecule has 2 aliphatic rings. The second-order valence-electron chi connectivity index (χ2n) is 6.79. The maximum absolute atomic E-state index is 12.5. The van der Waals surface area contributed by atoms with Crippen molar-refractivity contribution in [3.05, 3.63) is 29.6 Å². The zero-order valence-corrected chi connectivity index (χ0v) is 18.5. The summed E-state index contributed by atoms with van der Waals surface area (Å²) in [7, 11) is 0. The third-order valence-corrected chi connectivity index (χ3v) is 4.81. The van der Waals surface area contributed by atoms with E-state index in [0.29, 0.717) is 13.2 Å². The van der Waals surface area contributed by atoms with Crippen LogP contribution in [-0.4, -0.2) is 72.1 Å². The maximum atomic E-state index is 12.5. The number of carbonyl (C=O) groups is 1. The van der Waals surface area contributed by atoms with Crippen LogP contribution < -0.4 is 5.32 Å². The van der Waals surface area contributed by atoms with Crippen LogP contribution in [0, 0.1) is 6.92 Å². The van der Waals surface area contributed by atoms with Gasteiger partial charge in [-0.05, 0) is 38.3 Å². The highest BCUT2D eigenvalue weighted by atomic mass is 127. The first-order valence-electron chi connectivity index (χ1n) is 9.52. The number of aryl methyl sites for hydroxylation is 1. The van der Waals surface area contributed by atoms with Gasteiger partial charge in [0.1, 0.15) is 6.10 Å². The Labute approximate surface area is 178 Å². The van der Waals surface area contributed by atoms with Crippen LogP contribution in [-0.2, 0) is 16.1 Å². The van der Waals surface area contributed by atoms with Crippen LogP contribution >= 0.6 is 24.0 Å². The number of nitrogens with one attached hydrogen (secondary N) is 1. The standard InChI is InChI=1S/C19H29N5O2.HI/c1-3-20-19(22-14-16-7-6-15(2)21-13-16)24-10-8-23(9-11-24)18(25)17-5-4-12-26-17;/h6-7,13,17H,3-5,8-12,14H2,1-2H3,(H,20,22);1H. The van der Waals surface area contributed by atoms with E-state index in [9.17, 15) is 4.79 Å². The smallest absolute Gasteiger partial charge is 0.251 e. The number of ether oxygens (including phenoxy) is 1. The molecule has 1 atom stereocenters. The molecule has 150 valence electrons. The number of piperazine rings is 1. The third-order valence-electron chi connectivity index (χ3n) is 4.81. The Balaban J connectivity index is 0.00000261.